The number of urea groups is 1. The fourth-order valence-electron chi connectivity index (χ4n) is 7.39. The lowest BCUT2D eigenvalue weighted by Gasteiger charge is -2.39. The van der Waals surface area contributed by atoms with Crippen molar-refractivity contribution in [3.8, 4) is 11.1 Å². The summed E-state index contributed by atoms with van der Waals surface area (Å²) >= 11 is 0. The summed E-state index contributed by atoms with van der Waals surface area (Å²) in [6.45, 7) is 6.19. The number of benzene rings is 2. The number of para-hydroxylation sites is 1. The second-order valence-corrected chi connectivity index (χ2v) is 13.4. The molecule has 2 unspecified atom stereocenters. The Bertz CT molecular complexity index is 1900. The van der Waals surface area contributed by atoms with E-state index in [0.717, 1.165) is 66.1 Å². The van der Waals surface area contributed by atoms with Gasteiger partial charge in [-0.3, -0.25) is 19.3 Å². The third-order valence-corrected chi connectivity index (χ3v) is 10.2. The number of nitrogens with one attached hydrogen (secondary N) is 1. The summed E-state index contributed by atoms with van der Waals surface area (Å²) in [6.07, 6.45) is 4.14. The number of hydrogen-bond donors (Lipinski definition) is 2. The molecule has 3 fully saturated rings. The molecule has 3 saturated heterocycles. The van der Waals surface area contributed by atoms with E-state index in [9.17, 15) is 19.2 Å². The number of amides is 5. The average Bonchev–Trinajstić information content (AvgIpc) is 3.66. The molecule has 0 spiro atoms. The van der Waals surface area contributed by atoms with Crippen LogP contribution in [0.3, 0.4) is 0 Å². The smallest absolute Gasteiger partial charge is 0.331 e. The molecule has 2 aromatic heterocycles. The first-order valence-corrected chi connectivity index (χ1v) is 16.8. The van der Waals surface area contributed by atoms with Crippen molar-refractivity contribution in [3.63, 3.8) is 0 Å². The minimum atomic E-state index is -1.07. The van der Waals surface area contributed by atoms with Crippen molar-refractivity contribution in [3.05, 3.63) is 72.7 Å². The number of fused-ring (bicyclic) bond motifs is 1. The number of likely N-dealkylation sites (N-methyl/N-ethyl adjacent to an activating group) is 1. The number of hydrogen-bond acceptors (Lipinski definition) is 8. The maximum atomic E-state index is 13.6. The Kier molecular flexibility index (Phi) is 8.53. The van der Waals surface area contributed by atoms with Gasteiger partial charge in [0, 0.05) is 49.0 Å². The summed E-state index contributed by atoms with van der Waals surface area (Å²) in [6, 6.07) is 17.5. The third-order valence-electron chi connectivity index (χ3n) is 10.2. The van der Waals surface area contributed by atoms with E-state index in [-0.39, 0.29) is 30.5 Å². The quantitative estimate of drug-likeness (QED) is 0.284. The van der Waals surface area contributed by atoms with Gasteiger partial charge in [-0.05, 0) is 82.1 Å². The molecular weight excluding hydrogens is 622 g/mol. The largest absolute Gasteiger partial charge is 0.382 e. The summed E-state index contributed by atoms with van der Waals surface area (Å²) in [5, 5.41) is 7.47. The molecule has 0 bridgehead atoms. The minimum absolute atomic E-state index is 0.00565. The van der Waals surface area contributed by atoms with E-state index in [4.69, 9.17) is 5.73 Å². The maximum absolute atomic E-state index is 13.6. The summed E-state index contributed by atoms with van der Waals surface area (Å²) in [5.74, 6) is -1.30. The zero-order chi connectivity index (χ0) is 34.4. The van der Waals surface area contributed by atoms with Crippen LogP contribution in [0.15, 0.2) is 67.0 Å². The summed E-state index contributed by atoms with van der Waals surface area (Å²) in [5.41, 5.74) is 10.9. The van der Waals surface area contributed by atoms with Crippen LogP contribution in [0.4, 0.5) is 22.0 Å². The van der Waals surface area contributed by atoms with Crippen molar-refractivity contribution in [2.75, 3.05) is 49.2 Å². The monoisotopic (exact) mass is 663 g/mol. The van der Waals surface area contributed by atoms with Gasteiger partial charge in [0.25, 0.3) is 0 Å². The highest BCUT2D eigenvalue weighted by Gasteiger charge is 2.44. The number of anilines is 3. The topological polar surface area (TPSA) is 149 Å². The van der Waals surface area contributed by atoms with Gasteiger partial charge in [0.1, 0.15) is 17.8 Å². The molecule has 2 atom stereocenters. The minimum Gasteiger partial charge on any atom is -0.382 e. The number of rotatable bonds is 7. The molecule has 0 radical (unpaired) electrons. The van der Waals surface area contributed by atoms with Crippen molar-refractivity contribution in [1.29, 1.82) is 0 Å². The molecule has 3 N–H and O–H groups in total. The van der Waals surface area contributed by atoms with Crippen LogP contribution in [0.25, 0.3) is 16.6 Å². The highest BCUT2D eigenvalue weighted by atomic mass is 16.2. The first kappa shape index (κ1) is 32.3. The highest BCUT2D eigenvalue weighted by Crippen LogP contribution is 2.38. The van der Waals surface area contributed by atoms with E-state index >= 15 is 0 Å². The molecule has 5 amide bonds. The highest BCUT2D eigenvalue weighted by molar-refractivity contribution is 6.23. The van der Waals surface area contributed by atoms with Gasteiger partial charge in [0.2, 0.25) is 17.7 Å². The normalized spacial score (nSPS) is 21.0. The van der Waals surface area contributed by atoms with Crippen molar-refractivity contribution in [1.82, 2.24) is 29.3 Å². The molecule has 5 heterocycles. The molecule has 3 aliphatic rings. The lowest BCUT2D eigenvalue weighted by atomic mass is 9.92. The van der Waals surface area contributed by atoms with Gasteiger partial charge in [-0.2, -0.15) is 5.10 Å². The van der Waals surface area contributed by atoms with Crippen molar-refractivity contribution < 1.29 is 19.2 Å². The molecule has 0 saturated carbocycles. The second-order valence-electron chi connectivity index (χ2n) is 13.4. The number of aromatic nitrogens is 3. The first-order valence-electron chi connectivity index (χ1n) is 16.8. The fourth-order valence-corrected chi connectivity index (χ4v) is 7.39. The summed E-state index contributed by atoms with van der Waals surface area (Å²) in [4.78, 5) is 64.0. The Hall–Kier alpha value is -5.30. The first-order chi connectivity index (χ1) is 23.6. The zero-order valence-electron chi connectivity index (χ0n) is 28.0. The number of carbonyl (C=O) groups excluding carboxylic acids is 4. The van der Waals surface area contributed by atoms with E-state index in [1.807, 2.05) is 42.4 Å². The molecule has 2 aromatic carbocycles. The van der Waals surface area contributed by atoms with Crippen molar-refractivity contribution in [2.24, 2.45) is 5.92 Å². The Morgan fingerprint density at radius 3 is 2.31 bits per heavy atom. The van der Waals surface area contributed by atoms with Gasteiger partial charge in [-0.1, -0.05) is 30.3 Å². The van der Waals surface area contributed by atoms with Gasteiger partial charge < -0.3 is 20.9 Å². The average molecular weight is 664 g/mol. The van der Waals surface area contributed by atoms with Gasteiger partial charge in [0.15, 0.2) is 5.82 Å². The number of nitrogens with zero attached hydrogens (tertiary/aromatic N) is 7. The molecule has 3 aliphatic heterocycles. The summed E-state index contributed by atoms with van der Waals surface area (Å²) in [7, 11) is 1.87. The van der Waals surface area contributed by atoms with E-state index in [0.29, 0.717) is 17.2 Å². The Morgan fingerprint density at radius 2 is 1.65 bits per heavy atom. The van der Waals surface area contributed by atoms with Gasteiger partial charge in [0.05, 0.1) is 11.7 Å². The molecule has 13 nitrogen and oxygen atoms in total. The van der Waals surface area contributed by atoms with Crippen LogP contribution in [0, 0.1) is 5.92 Å². The van der Waals surface area contributed by atoms with E-state index in [1.54, 1.807) is 47.4 Å². The summed E-state index contributed by atoms with van der Waals surface area (Å²) < 4.78 is 1.89. The number of nitrogens with two attached hydrogens (primary N) is 1. The molecule has 13 heteroatoms. The number of likely N-dealkylation sites (tertiary alicyclic amines) is 2. The standard InChI is InChI=1S/C36H41N9O4/c1-22(2)43-20-28(34(47)44(36(43)49)26-7-5-4-6-8-26)33(46)40-25-11-9-23(10-12-25)27-19-30(45-31(27)32(37)38-21-39-45)24-13-17-42(18-14-24)29-15-16-41(3)35(29)48/h4-12,19,21-22,24,28-29H,13-18,20H2,1-3H3,(H,40,46)(H2,37,38,39). The molecule has 4 aromatic rings. The SMILES string of the molecule is CC(C)N1CC(C(=O)Nc2ccc(-c3cc(C4CCN(C5CCN(C)C5=O)CC4)n4ncnc(N)c34)cc2)C(=O)N(c2ccccc2)C1=O. The fraction of sp³-hybridized carbons (Fsp3) is 0.389. The lowest BCUT2D eigenvalue weighted by Crippen LogP contribution is -2.61. The van der Waals surface area contributed by atoms with E-state index in [1.165, 1.54) is 6.33 Å². The molecular formula is C36H41N9O4. The van der Waals surface area contributed by atoms with Crippen LogP contribution in [-0.2, 0) is 14.4 Å². The second kappa shape index (κ2) is 13.0. The predicted octanol–water partition coefficient (Wildman–Crippen LogP) is 3.82. The predicted molar refractivity (Wildman–Crippen MR) is 186 cm³/mol. The van der Waals surface area contributed by atoms with E-state index in [2.05, 4.69) is 26.4 Å². The van der Waals surface area contributed by atoms with Crippen molar-refractivity contribution in [2.45, 2.75) is 51.1 Å². The Balaban J connectivity index is 1.10. The molecule has 254 valence electrons. The van der Waals surface area contributed by atoms with Gasteiger partial charge >= 0.3 is 6.03 Å². The number of carbonyl (C=O) groups is 4. The van der Waals surface area contributed by atoms with Gasteiger partial charge in [-0.25, -0.2) is 19.2 Å². The van der Waals surface area contributed by atoms with Crippen LogP contribution in [0.2, 0.25) is 0 Å². The van der Waals surface area contributed by atoms with Gasteiger partial charge in [-0.15, -0.1) is 0 Å². The van der Waals surface area contributed by atoms with Crippen LogP contribution in [-0.4, -0.2) is 98.4 Å². The third kappa shape index (κ3) is 5.88. The Labute approximate surface area is 284 Å². The lowest BCUT2D eigenvalue weighted by molar-refractivity contribution is -0.133. The van der Waals surface area contributed by atoms with Crippen LogP contribution in [0.5, 0.6) is 0 Å². The Morgan fingerprint density at radius 1 is 0.939 bits per heavy atom. The van der Waals surface area contributed by atoms with Crippen LogP contribution < -0.4 is 16.0 Å². The molecule has 0 aliphatic carbocycles. The maximum Gasteiger partial charge on any atom is 0.331 e. The molecule has 7 rings (SSSR count). The number of nitrogen functional groups attached to an aromatic ring is 1. The van der Waals surface area contributed by atoms with Crippen LogP contribution in [0.1, 0.15) is 44.7 Å². The van der Waals surface area contributed by atoms with E-state index < -0.39 is 23.8 Å². The van der Waals surface area contributed by atoms with Crippen molar-refractivity contribution >= 4 is 46.5 Å². The molecule has 49 heavy (non-hydrogen) atoms. The number of piperidine rings is 1. The van der Waals surface area contributed by atoms with Crippen LogP contribution >= 0.6 is 0 Å². The number of imide groups is 1. The zero-order valence-corrected chi connectivity index (χ0v) is 28.0.